The molecular formula is C20H16BrCl2NO4S. The quantitative estimate of drug-likeness (QED) is 0.416. The van der Waals surface area contributed by atoms with E-state index in [9.17, 15) is 9.59 Å². The van der Waals surface area contributed by atoms with Gasteiger partial charge in [0.05, 0.1) is 39.7 Å². The molecule has 0 bridgehead atoms. The van der Waals surface area contributed by atoms with Crippen molar-refractivity contribution in [2.75, 3.05) is 13.7 Å². The Morgan fingerprint density at radius 2 is 1.93 bits per heavy atom. The van der Waals surface area contributed by atoms with Gasteiger partial charge in [-0.15, -0.1) is 0 Å². The number of hydrogen-bond acceptors (Lipinski definition) is 5. The third-order valence-electron chi connectivity index (χ3n) is 4.03. The van der Waals surface area contributed by atoms with Gasteiger partial charge in [0.1, 0.15) is 0 Å². The maximum absolute atomic E-state index is 12.8. The largest absolute Gasteiger partial charge is 0.492 e. The molecule has 0 N–H and O–H groups in total. The zero-order valence-corrected chi connectivity index (χ0v) is 19.4. The first-order valence-electron chi connectivity index (χ1n) is 8.53. The highest BCUT2D eigenvalue weighted by Gasteiger charge is 2.35. The number of imide groups is 1. The van der Waals surface area contributed by atoms with E-state index in [4.69, 9.17) is 32.7 Å². The molecule has 3 rings (SSSR count). The zero-order valence-electron chi connectivity index (χ0n) is 15.5. The van der Waals surface area contributed by atoms with Gasteiger partial charge in [0.2, 0.25) is 0 Å². The van der Waals surface area contributed by atoms with Crippen LogP contribution in [0.15, 0.2) is 39.7 Å². The number of thioether (sulfide) groups is 1. The lowest BCUT2D eigenvalue weighted by atomic mass is 10.1. The van der Waals surface area contributed by atoms with Gasteiger partial charge in [-0.1, -0.05) is 29.3 Å². The molecule has 1 aliphatic heterocycles. The molecule has 2 aromatic carbocycles. The van der Waals surface area contributed by atoms with E-state index in [0.29, 0.717) is 48.7 Å². The van der Waals surface area contributed by atoms with E-state index >= 15 is 0 Å². The Labute approximate surface area is 191 Å². The lowest BCUT2D eigenvalue weighted by Gasteiger charge is -2.13. The summed E-state index contributed by atoms with van der Waals surface area (Å²) in [6.45, 7) is 2.45. The van der Waals surface area contributed by atoms with Crippen LogP contribution in [0.5, 0.6) is 11.5 Å². The molecule has 2 aromatic rings. The number of carbonyl (C=O) groups excluding carboxylic acids is 2. The third-order valence-corrected chi connectivity index (χ3v) is 6.27. The highest BCUT2D eigenvalue weighted by Crippen LogP contribution is 2.39. The second kappa shape index (κ2) is 9.43. The molecule has 1 fully saturated rings. The normalized spacial score (nSPS) is 15.3. The van der Waals surface area contributed by atoms with Gasteiger partial charge < -0.3 is 9.47 Å². The molecular weight excluding hydrogens is 501 g/mol. The number of methoxy groups -OCH3 is 1. The average molecular weight is 517 g/mol. The highest BCUT2D eigenvalue weighted by molar-refractivity contribution is 9.10. The number of rotatable bonds is 6. The zero-order chi connectivity index (χ0) is 21.1. The van der Waals surface area contributed by atoms with Crippen LogP contribution in [0.2, 0.25) is 10.0 Å². The summed E-state index contributed by atoms with van der Waals surface area (Å²) in [5.41, 5.74) is 1.43. The van der Waals surface area contributed by atoms with Crippen molar-refractivity contribution >= 4 is 68.1 Å². The van der Waals surface area contributed by atoms with Gasteiger partial charge in [0.25, 0.3) is 11.1 Å². The van der Waals surface area contributed by atoms with E-state index < -0.39 is 0 Å². The summed E-state index contributed by atoms with van der Waals surface area (Å²) in [6.07, 6.45) is 1.66. The minimum absolute atomic E-state index is 0.120. The van der Waals surface area contributed by atoms with Crippen LogP contribution < -0.4 is 9.47 Å². The Morgan fingerprint density at radius 1 is 1.17 bits per heavy atom. The third kappa shape index (κ3) is 4.91. The summed E-state index contributed by atoms with van der Waals surface area (Å²) in [5, 5.41) is 0.447. The second-order valence-electron chi connectivity index (χ2n) is 5.98. The summed E-state index contributed by atoms with van der Waals surface area (Å²) in [5.74, 6) is 0.748. The van der Waals surface area contributed by atoms with Crippen molar-refractivity contribution in [3.05, 3.63) is 60.9 Å². The van der Waals surface area contributed by atoms with Crippen LogP contribution in [-0.4, -0.2) is 29.8 Å². The smallest absolute Gasteiger partial charge is 0.293 e. The average Bonchev–Trinajstić information content (AvgIpc) is 2.92. The second-order valence-corrected chi connectivity index (χ2v) is 8.65. The van der Waals surface area contributed by atoms with E-state index in [1.54, 1.807) is 43.5 Å². The van der Waals surface area contributed by atoms with Gasteiger partial charge in [0, 0.05) is 0 Å². The molecule has 1 saturated heterocycles. The Morgan fingerprint density at radius 3 is 2.59 bits per heavy atom. The first-order valence-corrected chi connectivity index (χ1v) is 10.9. The predicted octanol–water partition coefficient (Wildman–Crippen LogP) is 6.40. The van der Waals surface area contributed by atoms with Crippen LogP contribution in [0, 0.1) is 0 Å². The Hall–Kier alpha value is -1.67. The number of carbonyl (C=O) groups is 2. The molecule has 0 aromatic heterocycles. The molecule has 0 aliphatic carbocycles. The van der Waals surface area contributed by atoms with Crippen molar-refractivity contribution in [3.63, 3.8) is 0 Å². The van der Waals surface area contributed by atoms with Gasteiger partial charge in [-0.05, 0) is 76.1 Å². The molecule has 2 amide bonds. The fraction of sp³-hybridized carbons (Fsp3) is 0.200. The van der Waals surface area contributed by atoms with Gasteiger partial charge in [0.15, 0.2) is 11.5 Å². The molecule has 29 heavy (non-hydrogen) atoms. The van der Waals surface area contributed by atoms with Crippen LogP contribution in [0.3, 0.4) is 0 Å². The summed E-state index contributed by atoms with van der Waals surface area (Å²) in [7, 11) is 1.55. The van der Waals surface area contributed by atoms with E-state index in [-0.39, 0.29) is 17.7 Å². The Balaban J connectivity index is 1.87. The van der Waals surface area contributed by atoms with Crippen molar-refractivity contribution in [3.8, 4) is 11.5 Å². The Kier molecular flexibility index (Phi) is 7.16. The van der Waals surface area contributed by atoms with E-state index in [1.165, 1.54) is 4.90 Å². The Bertz CT molecular complexity index is 1010. The van der Waals surface area contributed by atoms with Crippen LogP contribution in [0.25, 0.3) is 6.08 Å². The summed E-state index contributed by atoms with van der Waals surface area (Å²) in [6, 6.07) is 8.58. The highest BCUT2D eigenvalue weighted by atomic mass is 79.9. The van der Waals surface area contributed by atoms with E-state index in [1.807, 2.05) is 6.92 Å². The lowest BCUT2D eigenvalue weighted by molar-refractivity contribution is -0.123. The minimum atomic E-state index is -0.365. The van der Waals surface area contributed by atoms with Crippen LogP contribution in [0.1, 0.15) is 18.1 Å². The van der Waals surface area contributed by atoms with Gasteiger partial charge >= 0.3 is 0 Å². The van der Waals surface area contributed by atoms with Crippen molar-refractivity contribution in [2.24, 2.45) is 0 Å². The number of nitrogens with zero attached hydrogens (tertiary/aromatic N) is 1. The number of hydrogen-bond donors (Lipinski definition) is 0. The van der Waals surface area contributed by atoms with Crippen LogP contribution >= 0.6 is 50.9 Å². The molecule has 1 aliphatic rings. The molecule has 0 saturated carbocycles. The molecule has 9 heteroatoms. The maximum Gasteiger partial charge on any atom is 0.293 e. The molecule has 0 unspecified atom stereocenters. The van der Waals surface area contributed by atoms with Crippen LogP contribution in [0.4, 0.5) is 4.79 Å². The summed E-state index contributed by atoms with van der Waals surface area (Å²) < 4.78 is 11.6. The molecule has 1 heterocycles. The maximum atomic E-state index is 12.8. The first-order chi connectivity index (χ1) is 13.8. The van der Waals surface area contributed by atoms with Crippen molar-refractivity contribution in [2.45, 2.75) is 13.5 Å². The van der Waals surface area contributed by atoms with Gasteiger partial charge in [-0.3, -0.25) is 14.5 Å². The minimum Gasteiger partial charge on any atom is -0.492 e. The number of ether oxygens (including phenoxy) is 2. The molecule has 0 atom stereocenters. The topological polar surface area (TPSA) is 55.8 Å². The van der Waals surface area contributed by atoms with Gasteiger partial charge in [-0.2, -0.15) is 0 Å². The standard InChI is InChI=1S/C20H16BrCl2NO4S/c1-3-28-16-8-12(6-13(21)18(16)27-2)9-17-19(25)24(20(26)29-17)10-11-4-5-14(22)15(23)7-11/h4-9H,3,10H2,1-2H3/b17-9+. The SMILES string of the molecule is CCOc1cc(/C=C2/SC(=O)N(Cc3ccc(Cl)c(Cl)c3)C2=O)cc(Br)c1OC. The van der Waals surface area contributed by atoms with Crippen molar-refractivity contribution in [1.29, 1.82) is 0 Å². The monoisotopic (exact) mass is 515 g/mol. The molecule has 152 valence electrons. The number of amides is 2. The summed E-state index contributed by atoms with van der Waals surface area (Å²) >= 11 is 16.3. The molecule has 0 spiro atoms. The van der Waals surface area contributed by atoms with Gasteiger partial charge in [-0.25, -0.2) is 0 Å². The number of benzene rings is 2. The van der Waals surface area contributed by atoms with Crippen LogP contribution in [-0.2, 0) is 11.3 Å². The molecule has 5 nitrogen and oxygen atoms in total. The van der Waals surface area contributed by atoms with Crippen molar-refractivity contribution < 1.29 is 19.1 Å². The predicted molar refractivity (Wildman–Crippen MR) is 120 cm³/mol. The first kappa shape index (κ1) is 22.0. The molecule has 0 radical (unpaired) electrons. The fourth-order valence-corrected chi connectivity index (χ4v) is 4.52. The lowest BCUT2D eigenvalue weighted by Crippen LogP contribution is -2.27. The fourth-order valence-electron chi connectivity index (χ4n) is 2.74. The number of halogens is 3. The van der Waals surface area contributed by atoms with E-state index in [2.05, 4.69) is 15.9 Å². The van der Waals surface area contributed by atoms with Crippen molar-refractivity contribution in [1.82, 2.24) is 4.90 Å². The van der Waals surface area contributed by atoms with E-state index in [0.717, 1.165) is 11.8 Å². The summed E-state index contributed by atoms with van der Waals surface area (Å²) in [4.78, 5) is 26.7.